The van der Waals surface area contributed by atoms with Crippen LogP contribution in [0.15, 0.2) is 42.5 Å². The number of ether oxygens (including phenoxy) is 1. The van der Waals surface area contributed by atoms with Crippen molar-refractivity contribution in [2.75, 3.05) is 0 Å². The first kappa shape index (κ1) is 17.4. The molecule has 2 rings (SSSR count). The average Bonchev–Trinajstić information content (AvgIpc) is 2.56. The summed E-state index contributed by atoms with van der Waals surface area (Å²) in [7, 11) is 0. The third kappa shape index (κ3) is 4.52. The molecule has 1 atom stereocenters. The molecule has 2 N–H and O–H groups in total. The second-order valence-corrected chi connectivity index (χ2v) is 5.12. The van der Waals surface area contributed by atoms with Crippen LogP contribution in [0.3, 0.4) is 0 Å². The summed E-state index contributed by atoms with van der Waals surface area (Å²) in [5.74, 6) is -1.91. The van der Waals surface area contributed by atoms with Gasteiger partial charge in [0.1, 0.15) is 17.4 Å². The average molecular weight is 334 g/mol. The molecule has 0 radical (unpaired) electrons. The number of carbonyl (C=O) groups is 2. The summed E-state index contributed by atoms with van der Waals surface area (Å²) < 4.78 is 31.3. The molecule has 0 fully saturated rings. The molecule has 2 aromatic carbocycles. The van der Waals surface area contributed by atoms with Crippen molar-refractivity contribution in [2.45, 2.75) is 20.0 Å². The number of benzene rings is 2. The molecule has 0 bridgehead atoms. The maximum Gasteiger partial charge on any atom is 0.279 e. The zero-order chi connectivity index (χ0) is 17.7. The quantitative estimate of drug-likeness (QED) is 0.844. The van der Waals surface area contributed by atoms with Crippen molar-refractivity contribution in [2.24, 2.45) is 0 Å². The van der Waals surface area contributed by atoms with Gasteiger partial charge in [0.2, 0.25) is 0 Å². The molecule has 5 nitrogen and oxygen atoms in total. The zero-order valence-electron chi connectivity index (χ0n) is 13.1. The first-order valence-corrected chi connectivity index (χ1v) is 7.15. The van der Waals surface area contributed by atoms with Crippen LogP contribution in [0.1, 0.15) is 22.8 Å². The molecule has 0 aliphatic carbocycles. The Morgan fingerprint density at radius 1 is 1.00 bits per heavy atom. The standard InChI is InChI=1S/C17H16F2N2O3/c1-10-3-4-13(19)9-15(10)17(23)21-20-16(22)11(2)24-14-7-5-12(18)6-8-14/h3-9,11H,1-2H3,(H,20,22)(H,21,23). The van der Waals surface area contributed by atoms with Crippen molar-refractivity contribution in [3.63, 3.8) is 0 Å². The van der Waals surface area contributed by atoms with E-state index in [2.05, 4.69) is 10.9 Å². The van der Waals surface area contributed by atoms with Gasteiger partial charge in [-0.3, -0.25) is 20.4 Å². The molecule has 0 heterocycles. The monoisotopic (exact) mass is 334 g/mol. The highest BCUT2D eigenvalue weighted by molar-refractivity contribution is 5.97. The summed E-state index contributed by atoms with van der Waals surface area (Å²) in [5, 5.41) is 0. The Morgan fingerprint density at radius 2 is 1.62 bits per heavy atom. The van der Waals surface area contributed by atoms with Gasteiger partial charge in [0.25, 0.3) is 11.8 Å². The largest absolute Gasteiger partial charge is 0.481 e. The first-order chi connectivity index (χ1) is 11.4. The fraction of sp³-hybridized carbons (Fsp3) is 0.176. The Hall–Kier alpha value is -2.96. The predicted octanol–water partition coefficient (Wildman–Crippen LogP) is 2.50. The van der Waals surface area contributed by atoms with Gasteiger partial charge in [-0.2, -0.15) is 0 Å². The van der Waals surface area contributed by atoms with Crippen LogP contribution in [-0.4, -0.2) is 17.9 Å². The van der Waals surface area contributed by atoms with E-state index in [9.17, 15) is 18.4 Å². The van der Waals surface area contributed by atoms with E-state index < -0.39 is 29.6 Å². The highest BCUT2D eigenvalue weighted by Crippen LogP contribution is 2.13. The molecular weight excluding hydrogens is 318 g/mol. The van der Waals surface area contributed by atoms with E-state index in [1.54, 1.807) is 6.92 Å². The molecule has 0 aliphatic rings. The number of hydrogen-bond donors (Lipinski definition) is 2. The summed E-state index contributed by atoms with van der Waals surface area (Å²) in [6, 6.07) is 8.95. The maximum absolute atomic E-state index is 13.2. The van der Waals surface area contributed by atoms with Gasteiger partial charge >= 0.3 is 0 Å². The molecule has 0 saturated heterocycles. The van der Waals surface area contributed by atoms with Crippen molar-refractivity contribution in [3.05, 3.63) is 65.2 Å². The molecule has 2 amide bonds. The van der Waals surface area contributed by atoms with E-state index in [0.29, 0.717) is 11.3 Å². The second-order valence-electron chi connectivity index (χ2n) is 5.12. The molecule has 24 heavy (non-hydrogen) atoms. The van der Waals surface area contributed by atoms with Gasteiger partial charge in [-0.05, 0) is 55.8 Å². The zero-order valence-corrected chi connectivity index (χ0v) is 13.1. The highest BCUT2D eigenvalue weighted by atomic mass is 19.1. The Balaban J connectivity index is 1.91. The number of halogens is 2. The van der Waals surface area contributed by atoms with Crippen LogP contribution in [0.5, 0.6) is 5.75 Å². The third-order valence-electron chi connectivity index (χ3n) is 3.24. The summed E-state index contributed by atoms with van der Waals surface area (Å²) in [5.41, 5.74) is 5.08. The molecule has 126 valence electrons. The van der Waals surface area contributed by atoms with E-state index in [1.165, 1.54) is 43.3 Å². The first-order valence-electron chi connectivity index (χ1n) is 7.15. The van der Waals surface area contributed by atoms with Crippen LogP contribution >= 0.6 is 0 Å². The maximum atomic E-state index is 13.2. The molecule has 7 heteroatoms. The lowest BCUT2D eigenvalue weighted by Gasteiger charge is -2.15. The van der Waals surface area contributed by atoms with Crippen molar-refractivity contribution in [3.8, 4) is 5.75 Å². The Bertz CT molecular complexity index is 748. The van der Waals surface area contributed by atoms with Gasteiger partial charge in [0, 0.05) is 5.56 Å². The lowest BCUT2D eigenvalue weighted by atomic mass is 10.1. The Morgan fingerprint density at radius 3 is 2.29 bits per heavy atom. The van der Waals surface area contributed by atoms with Gasteiger partial charge in [0.15, 0.2) is 6.10 Å². The minimum absolute atomic E-state index is 0.113. The fourth-order valence-electron chi connectivity index (χ4n) is 1.90. The molecule has 0 spiro atoms. The molecule has 1 unspecified atom stereocenters. The van der Waals surface area contributed by atoms with Crippen molar-refractivity contribution >= 4 is 11.8 Å². The summed E-state index contributed by atoms with van der Waals surface area (Å²) in [6.45, 7) is 3.12. The van der Waals surface area contributed by atoms with E-state index >= 15 is 0 Å². The molecule has 2 aromatic rings. The van der Waals surface area contributed by atoms with Gasteiger partial charge < -0.3 is 4.74 Å². The number of hydrazine groups is 1. The Labute approximate surface area is 137 Å². The number of nitrogens with one attached hydrogen (secondary N) is 2. The number of hydrogen-bond acceptors (Lipinski definition) is 3. The van der Waals surface area contributed by atoms with Crippen LogP contribution in [0.4, 0.5) is 8.78 Å². The van der Waals surface area contributed by atoms with E-state index in [1.807, 2.05) is 0 Å². The molecule has 0 saturated carbocycles. The highest BCUT2D eigenvalue weighted by Gasteiger charge is 2.17. The molecule has 0 aliphatic heterocycles. The fourth-order valence-corrected chi connectivity index (χ4v) is 1.90. The lowest BCUT2D eigenvalue weighted by Crippen LogP contribution is -2.47. The Kier molecular flexibility index (Phi) is 5.47. The predicted molar refractivity (Wildman–Crippen MR) is 83.2 cm³/mol. The number of amides is 2. The van der Waals surface area contributed by atoms with Crippen molar-refractivity contribution < 1.29 is 23.1 Å². The van der Waals surface area contributed by atoms with Gasteiger partial charge in [-0.1, -0.05) is 6.07 Å². The molecular formula is C17H16F2N2O3. The van der Waals surface area contributed by atoms with Gasteiger partial charge in [0.05, 0.1) is 0 Å². The summed E-state index contributed by atoms with van der Waals surface area (Å²) in [6.07, 6.45) is -0.927. The number of rotatable bonds is 4. The number of aryl methyl sites for hydroxylation is 1. The minimum atomic E-state index is -0.927. The van der Waals surface area contributed by atoms with Gasteiger partial charge in [-0.15, -0.1) is 0 Å². The van der Waals surface area contributed by atoms with E-state index in [0.717, 1.165) is 6.07 Å². The second kappa shape index (κ2) is 7.54. The van der Waals surface area contributed by atoms with Crippen LogP contribution in [0.2, 0.25) is 0 Å². The van der Waals surface area contributed by atoms with Gasteiger partial charge in [-0.25, -0.2) is 8.78 Å². The van der Waals surface area contributed by atoms with Crippen LogP contribution in [0.25, 0.3) is 0 Å². The number of carbonyl (C=O) groups excluding carboxylic acids is 2. The van der Waals surface area contributed by atoms with E-state index in [-0.39, 0.29) is 5.56 Å². The van der Waals surface area contributed by atoms with Crippen molar-refractivity contribution in [1.82, 2.24) is 10.9 Å². The van der Waals surface area contributed by atoms with Crippen LogP contribution in [0, 0.1) is 18.6 Å². The molecule has 0 aromatic heterocycles. The van der Waals surface area contributed by atoms with Crippen LogP contribution in [-0.2, 0) is 4.79 Å². The minimum Gasteiger partial charge on any atom is -0.481 e. The summed E-state index contributed by atoms with van der Waals surface area (Å²) >= 11 is 0. The topological polar surface area (TPSA) is 67.4 Å². The SMILES string of the molecule is Cc1ccc(F)cc1C(=O)NNC(=O)C(C)Oc1ccc(F)cc1. The smallest absolute Gasteiger partial charge is 0.279 e. The van der Waals surface area contributed by atoms with Crippen molar-refractivity contribution in [1.29, 1.82) is 0 Å². The third-order valence-corrected chi connectivity index (χ3v) is 3.24. The summed E-state index contributed by atoms with van der Waals surface area (Å²) in [4.78, 5) is 23.9. The normalized spacial score (nSPS) is 11.5. The van der Waals surface area contributed by atoms with E-state index in [4.69, 9.17) is 4.74 Å². The lowest BCUT2D eigenvalue weighted by molar-refractivity contribution is -0.128. The van der Waals surface area contributed by atoms with Crippen LogP contribution < -0.4 is 15.6 Å².